The first-order chi connectivity index (χ1) is 9.52. The average molecular weight is 277 g/mol. The highest BCUT2D eigenvalue weighted by Crippen LogP contribution is 2.30. The monoisotopic (exact) mass is 277 g/mol. The number of rotatable bonds is 3. The number of carbonyl (C=O) groups excluding carboxylic acids is 1. The van der Waals surface area contributed by atoms with E-state index in [0.717, 1.165) is 18.7 Å². The Labute approximate surface area is 120 Å². The number of nitrogens with zero attached hydrogens (tertiary/aromatic N) is 2. The van der Waals surface area contributed by atoms with Gasteiger partial charge in [0.05, 0.1) is 0 Å². The first-order valence-electron chi connectivity index (χ1n) is 6.98. The van der Waals surface area contributed by atoms with Gasteiger partial charge in [0.25, 0.3) is 0 Å². The summed E-state index contributed by atoms with van der Waals surface area (Å²) in [4.78, 5) is 16.1. The molecule has 1 heterocycles. The molecule has 5 heteroatoms. The van der Waals surface area contributed by atoms with Crippen molar-refractivity contribution in [3.8, 4) is 5.75 Å². The molecular weight excluding hydrogens is 254 g/mol. The third-order valence-corrected chi connectivity index (χ3v) is 3.89. The maximum absolute atomic E-state index is 12.3. The molecule has 5 nitrogen and oxygen atoms in total. The Hall–Kier alpha value is -1.59. The lowest BCUT2D eigenvalue weighted by molar-refractivity contribution is -0.136. The number of para-hydroxylation sites is 1. The number of hydrogen-bond acceptors (Lipinski definition) is 4. The van der Waals surface area contributed by atoms with Crippen molar-refractivity contribution >= 4 is 5.91 Å². The van der Waals surface area contributed by atoms with Gasteiger partial charge in [-0.2, -0.15) is 0 Å². The van der Waals surface area contributed by atoms with Crippen molar-refractivity contribution in [2.45, 2.75) is 19.0 Å². The van der Waals surface area contributed by atoms with Crippen molar-refractivity contribution in [1.82, 2.24) is 15.1 Å². The lowest BCUT2D eigenvalue weighted by atomic mass is 10.0. The van der Waals surface area contributed by atoms with Crippen LogP contribution in [0.2, 0.25) is 0 Å². The largest absolute Gasteiger partial charge is 0.508 e. The summed E-state index contributed by atoms with van der Waals surface area (Å²) < 4.78 is 0. The van der Waals surface area contributed by atoms with E-state index >= 15 is 0 Å². The molecule has 2 rings (SSSR count). The van der Waals surface area contributed by atoms with Gasteiger partial charge in [0.15, 0.2) is 0 Å². The fourth-order valence-corrected chi connectivity index (χ4v) is 2.73. The molecule has 1 amide bonds. The minimum atomic E-state index is -0.187. The zero-order chi connectivity index (χ0) is 14.7. The fraction of sp³-hybridized carbons (Fsp3) is 0.533. The average Bonchev–Trinajstić information content (AvgIpc) is 2.46. The standard InChI is InChI=1S/C15H23N3O2/c1-11(12-6-4-5-7-14(12)19)18-9-8-16-10-13(18)15(20)17(2)3/h4-7,11,13,16,19H,8-10H2,1-3H3. The van der Waals surface area contributed by atoms with Crippen LogP contribution in [0.4, 0.5) is 0 Å². The molecule has 0 bridgehead atoms. The van der Waals surface area contributed by atoms with Crippen molar-refractivity contribution in [1.29, 1.82) is 0 Å². The molecule has 1 aliphatic rings. The summed E-state index contributed by atoms with van der Waals surface area (Å²) in [6.45, 7) is 4.33. The minimum absolute atomic E-state index is 0.00667. The number of carbonyl (C=O) groups is 1. The summed E-state index contributed by atoms with van der Waals surface area (Å²) in [5.41, 5.74) is 0.867. The molecule has 0 aliphatic carbocycles. The van der Waals surface area contributed by atoms with Gasteiger partial charge in [0.1, 0.15) is 11.8 Å². The fourth-order valence-electron chi connectivity index (χ4n) is 2.73. The van der Waals surface area contributed by atoms with E-state index in [1.165, 1.54) is 0 Å². The van der Waals surface area contributed by atoms with Crippen molar-refractivity contribution in [3.05, 3.63) is 29.8 Å². The molecule has 2 unspecified atom stereocenters. The van der Waals surface area contributed by atoms with E-state index < -0.39 is 0 Å². The van der Waals surface area contributed by atoms with Gasteiger partial charge in [-0.25, -0.2) is 0 Å². The van der Waals surface area contributed by atoms with Gasteiger partial charge in [0.2, 0.25) is 5.91 Å². The number of benzene rings is 1. The van der Waals surface area contributed by atoms with Crippen LogP contribution in [0.15, 0.2) is 24.3 Å². The number of hydrogen-bond donors (Lipinski definition) is 2. The van der Waals surface area contributed by atoms with Gasteiger partial charge in [0, 0.05) is 45.3 Å². The molecule has 1 fully saturated rings. The summed E-state index contributed by atoms with van der Waals surface area (Å²) in [5.74, 6) is 0.383. The van der Waals surface area contributed by atoms with Crippen molar-refractivity contribution in [3.63, 3.8) is 0 Å². The second-order valence-corrected chi connectivity index (χ2v) is 5.43. The van der Waals surface area contributed by atoms with E-state index in [1.807, 2.05) is 25.1 Å². The summed E-state index contributed by atoms with van der Waals surface area (Å²) in [6.07, 6.45) is 0. The van der Waals surface area contributed by atoms with Gasteiger partial charge in [-0.15, -0.1) is 0 Å². The first kappa shape index (κ1) is 14.8. The van der Waals surface area contributed by atoms with Crippen LogP contribution in [-0.2, 0) is 4.79 Å². The third kappa shape index (κ3) is 2.94. The molecule has 1 aliphatic heterocycles. The van der Waals surface area contributed by atoms with Crippen LogP contribution >= 0.6 is 0 Å². The van der Waals surface area contributed by atoms with Crippen molar-refractivity contribution < 1.29 is 9.90 Å². The van der Waals surface area contributed by atoms with Crippen LogP contribution < -0.4 is 5.32 Å². The molecule has 1 saturated heterocycles. The predicted molar refractivity (Wildman–Crippen MR) is 78.6 cm³/mol. The number of phenols is 1. The number of likely N-dealkylation sites (N-methyl/N-ethyl adjacent to an activating group) is 1. The zero-order valence-corrected chi connectivity index (χ0v) is 12.3. The van der Waals surface area contributed by atoms with E-state index in [-0.39, 0.29) is 23.7 Å². The van der Waals surface area contributed by atoms with E-state index in [4.69, 9.17) is 0 Å². The van der Waals surface area contributed by atoms with Crippen LogP contribution in [0.3, 0.4) is 0 Å². The van der Waals surface area contributed by atoms with Crippen LogP contribution in [0.25, 0.3) is 0 Å². The van der Waals surface area contributed by atoms with E-state index in [0.29, 0.717) is 6.54 Å². The summed E-state index contributed by atoms with van der Waals surface area (Å²) in [6, 6.07) is 7.15. The topological polar surface area (TPSA) is 55.8 Å². The Morgan fingerprint density at radius 2 is 2.15 bits per heavy atom. The van der Waals surface area contributed by atoms with E-state index in [2.05, 4.69) is 10.2 Å². The molecule has 0 aromatic heterocycles. The smallest absolute Gasteiger partial charge is 0.240 e. The second kappa shape index (κ2) is 6.24. The summed E-state index contributed by atoms with van der Waals surface area (Å²) >= 11 is 0. The molecule has 0 radical (unpaired) electrons. The number of phenolic OH excluding ortho intramolecular Hbond substituents is 1. The van der Waals surface area contributed by atoms with Crippen LogP contribution in [0.5, 0.6) is 5.75 Å². The van der Waals surface area contributed by atoms with E-state index in [9.17, 15) is 9.90 Å². The van der Waals surface area contributed by atoms with Crippen LogP contribution in [-0.4, -0.2) is 60.6 Å². The van der Waals surface area contributed by atoms with Gasteiger partial charge < -0.3 is 15.3 Å². The summed E-state index contributed by atoms with van der Waals surface area (Å²) in [5, 5.41) is 13.3. The Balaban J connectivity index is 2.24. The maximum atomic E-state index is 12.3. The molecule has 1 aromatic rings. The van der Waals surface area contributed by atoms with Crippen molar-refractivity contribution in [2.24, 2.45) is 0 Å². The highest BCUT2D eigenvalue weighted by atomic mass is 16.3. The number of nitrogens with one attached hydrogen (secondary N) is 1. The number of piperazine rings is 1. The maximum Gasteiger partial charge on any atom is 0.240 e. The predicted octanol–water partition coefficient (Wildman–Crippen LogP) is 0.815. The lowest BCUT2D eigenvalue weighted by Crippen LogP contribution is -2.58. The molecule has 0 spiro atoms. The molecule has 20 heavy (non-hydrogen) atoms. The van der Waals surface area contributed by atoms with Crippen LogP contribution in [0.1, 0.15) is 18.5 Å². The van der Waals surface area contributed by atoms with Gasteiger partial charge in [-0.3, -0.25) is 9.69 Å². The third-order valence-electron chi connectivity index (χ3n) is 3.89. The van der Waals surface area contributed by atoms with Gasteiger partial charge >= 0.3 is 0 Å². The molecule has 1 aromatic carbocycles. The first-order valence-corrected chi connectivity index (χ1v) is 6.98. The Morgan fingerprint density at radius 1 is 1.45 bits per heavy atom. The van der Waals surface area contributed by atoms with Crippen LogP contribution in [0, 0.1) is 0 Å². The van der Waals surface area contributed by atoms with Crippen molar-refractivity contribution in [2.75, 3.05) is 33.7 Å². The molecule has 110 valence electrons. The quantitative estimate of drug-likeness (QED) is 0.859. The zero-order valence-electron chi connectivity index (χ0n) is 12.3. The Kier molecular flexibility index (Phi) is 4.62. The molecule has 2 N–H and O–H groups in total. The Bertz CT molecular complexity index is 476. The van der Waals surface area contributed by atoms with E-state index in [1.54, 1.807) is 25.1 Å². The number of amides is 1. The summed E-state index contributed by atoms with van der Waals surface area (Å²) in [7, 11) is 3.56. The minimum Gasteiger partial charge on any atom is -0.508 e. The number of aromatic hydroxyl groups is 1. The second-order valence-electron chi connectivity index (χ2n) is 5.43. The normalized spacial score (nSPS) is 21.4. The SMILES string of the molecule is CC(c1ccccc1O)N1CCNCC1C(=O)N(C)C. The lowest BCUT2D eigenvalue weighted by Gasteiger charge is -2.40. The van der Waals surface area contributed by atoms with Gasteiger partial charge in [-0.1, -0.05) is 18.2 Å². The highest BCUT2D eigenvalue weighted by molar-refractivity contribution is 5.81. The molecular formula is C15H23N3O2. The van der Waals surface area contributed by atoms with Gasteiger partial charge in [-0.05, 0) is 13.0 Å². The molecule has 2 atom stereocenters. The highest BCUT2D eigenvalue weighted by Gasteiger charge is 2.33. The Morgan fingerprint density at radius 3 is 2.80 bits per heavy atom. The molecule has 0 saturated carbocycles.